The number of aliphatic imine (C=N–C) groups is 1. The second-order valence-electron chi connectivity index (χ2n) is 6.68. The number of rotatable bonds is 4. The summed E-state index contributed by atoms with van der Waals surface area (Å²) in [5.74, 6) is 0.877. The second kappa shape index (κ2) is 8.10. The number of carbonyl (C=O) groups excluding carboxylic acids is 1. The summed E-state index contributed by atoms with van der Waals surface area (Å²) in [4.78, 5) is 16.9. The van der Waals surface area contributed by atoms with Crippen molar-refractivity contribution in [1.82, 2.24) is 0 Å². The average Bonchev–Trinajstić information content (AvgIpc) is 2.96. The summed E-state index contributed by atoms with van der Waals surface area (Å²) in [6.07, 6.45) is 0. The van der Waals surface area contributed by atoms with Gasteiger partial charge in [-0.3, -0.25) is 9.79 Å². The van der Waals surface area contributed by atoms with Crippen LogP contribution in [0.3, 0.4) is 0 Å². The molecule has 6 nitrogen and oxygen atoms in total. The molecule has 148 valence electrons. The zero-order valence-corrected chi connectivity index (χ0v) is 16.6. The van der Waals surface area contributed by atoms with E-state index in [1.807, 2.05) is 36.4 Å². The van der Waals surface area contributed by atoms with Gasteiger partial charge in [-0.05, 0) is 17.7 Å². The molecule has 3 aromatic rings. The third kappa shape index (κ3) is 3.38. The number of benzodiazepines with no additional fused rings is 1. The Bertz CT molecular complexity index is 1190. The lowest BCUT2D eigenvalue weighted by atomic mass is 9.93. The summed E-state index contributed by atoms with van der Waals surface area (Å²) in [5, 5.41) is 12.2. The molecule has 0 fully saturated rings. The van der Waals surface area contributed by atoms with Gasteiger partial charge in [0.05, 0.1) is 48.4 Å². The van der Waals surface area contributed by atoms with Crippen molar-refractivity contribution in [3.8, 4) is 28.7 Å². The summed E-state index contributed by atoms with van der Waals surface area (Å²) in [6.45, 7) is -0.0348. The largest absolute Gasteiger partial charge is 0.496 e. The number of benzene rings is 3. The molecule has 0 radical (unpaired) electrons. The lowest BCUT2D eigenvalue weighted by Crippen LogP contribution is -2.14. The lowest BCUT2D eigenvalue weighted by molar-refractivity contribution is -0.114. The van der Waals surface area contributed by atoms with Crippen LogP contribution in [-0.2, 0) is 4.79 Å². The van der Waals surface area contributed by atoms with Gasteiger partial charge in [-0.25, -0.2) is 0 Å². The van der Waals surface area contributed by atoms with Gasteiger partial charge in [0.1, 0.15) is 18.0 Å². The predicted octanol–water partition coefficient (Wildman–Crippen LogP) is 4.03. The van der Waals surface area contributed by atoms with Gasteiger partial charge in [-0.2, -0.15) is 5.26 Å². The molecule has 0 spiro atoms. The van der Waals surface area contributed by atoms with Crippen molar-refractivity contribution in [3.63, 3.8) is 0 Å². The molecule has 1 aliphatic heterocycles. The molecule has 0 atom stereocenters. The number of ether oxygens (including phenoxy) is 2. The molecule has 1 amide bonds. The fourth-order valence-electron chi connectivity index (χ4n) is 3.60. The summed E-state index contributed by atoms with van der Waals surface area (Å²) in [7, 11) is 3.16. The van der Waals surface area contributed by atoms with Crippen molar-refractivity contribution in [3.05, 3.63) is 77.4 Å². The maximum absolute atomic E-state index is 12.3. The van der Waals surface area contributed by atoms with Crippen LogP contribution in [0.2, 0.25) is 0 Å². The van der Waals surface area contributed by atoms with Crippen molar-refractivity contribution < 1.29 is 14.3 Å². The molecular weight excluding hydrogens is 378 g/mol. The van der Waals surface area contributed by atoms with Gasteiger partial charge in [0.25, 0.3) is 0 Å². The summed E-state index contributed by atoms with van der Waals surface area (Å²) < 4.78 is 11.5. The minimum atomic E-state index is -0.237. The highest BCUT2D eigenvalue weighted by Gasteiger charge is 2.28. The van der Waals surface area contributed by atoms with E-state index in [-0.39, 0.29) is 12.5 Å². The van der Waals surface area contributed by atoms with Crippen LogP contribution in [0.1, 0.15) is 16.7 Å². The molecule has 3 aromatic carbocycles. The Hall–Kier alpha value is -4.11. The first kappa shape index (κ1) is 19.2. The molecule has 0 saturated carbocycles. The SMILES string of the molecule is COc1cc2c(c(OC)c1-c1ccccc1)C(c1cccc(C#N)c1)=NCC(=O)N2. The number of nitrogens with one attached hydrogen (secondary N) is 1. The number of carbonyl (C=O) groups is 1. The standard InChI is InChI=1S/C24H19N3O3/c1-29-19-12-18-22(24(30-2)21(19)16-8-4-3-5-9-16)23(26-14-20(28)27-18)17-10-6-7-15(11-17)13-25/h3-12H,14H2,1-2H3,(H,27,28). The lowest BCUT2D eigenvalue weighted by Gasteiger charge is -2.21. The van der Waals surface area contributed by atoms with Crippen LogP contribution in [-0.4, -0.2) is 32.4 Å². The Morgan fingerprint density at radius 2 is 1.73 bits per heavy atom. The topological polar surface area (TPSA) is 83.7 Å². The van der Waals surface area contributed by atoms with Crippen LogP contribution >= 0.6 is 0 Å². The first-order chi connectivity index (χ1) is 14.7. The Labute approximate surface area is 174 Å². The second-order valence-corrected chi connectivity index (χ2v) is 6.68. The monoisotopic (exact) mass is 397 g/mol. The minimum Gasteiger partial charge on any atom is -0.496 e. The van der Waals surface area contributed by atoms with E-state index in [4.69, 9.17) is 9.47 Å². The molecule has 6 heteroatoms. The van der Waals surface area contributed by atoms with Gasteiger partial charge in [0.2, 0.25) is 5.91 Å². The maximum Gasteiger partial charge on any atom is 0.246 e. The molecular formula is C24H19N3O3. The molecule has 1 aliphatic rings. The van der Waals surface area contributed by atoms with Gasteiger partial charge in [0, 0.05) is 11.6 Å². The van der Waals surface area contributed by atoms with E-state index in [1.165, 1.54) is 0 Å². The van der Waals surface area contributed by atoms with E-state index < -0.39 is 0 Å². The molecule has 0 aromatic heterocycles. The molecule has 0 unspecified atom stereocenters. The van der Waals surface area contributed by atoms with E-state index in [0.717, 1.165) is 16.7 Å². The highest BCUT2D eigenvalue weighted by Crippen LogP contribution is 2.46. The first-order valence-corrected chi connectivity index (χ1v) is 9.36. The Kier molecular flexibility index (Phi) is 5.19. The molecule has 0 saturated heterocycles. The van der Waals surface area contributed by atoms with Crippen molar-refractivity contribution in [1.29, 1.82) is 5.26 Å². The van der Waals surface area contributed by atoms with E-state index in [1.54, 1.807) is 38.5 Å². The van der Waals surface area contributed by atoms with Crippen LogP contribution in [0, 0.1) is 11.3 Å². The van der Waals surface area contributed by atoms with E-state index >= 15 is 0 Å². The highest BCUT2D eigenvalue weighted by atomic mass is 16.5. The quantitative estimate of drug-likeness (QED) is 0.720. The van der Waals surface area contributed by atoms with Gasteiger partial charge in [-0.15, -0.1) is 0 Å². The van der Waals surface area contributed by atoms with Crippen molar-refractivity contribution >= 4 is 17.3 Å². The third-order valence-electron chi connectivity index (χ3n) is 4.89. The van der Waals surface area contributed by atoms with E-state index in [9.17, 15) is 10.1 Å². The van der Waals surface area contributed by atoms with Crippen molar-refractivity contribution in [2.24, 2.45) is 4.99 Å². The first-order valence-electron chi connectivity index (χ1n) is 9.36. The van der Waals surface area contributed by atoms with E-state index in [0.29, 0.717) is 34.0 Å². The molecule has 1 heterocycles. The number of methoxy groups -OCH3 is 2. The molecule has 30 heavy (non-hydrogen) atoms. The Balaban J connectivity index is 2.05. The molecule has 1 N–H and O–H groups in total. The molecule has 0 bridgehead atoms. The van der Waals surface area contributed by atoms with Gasteiger partial charge >= 0.3 is 0 Å². The average molecular weight is 397 g/mol. The minimum absolute atomic E-state index is 0.0348. The number of anilines is 1. The summed E-state index contributed by atoms with van der Waals surface area (Å²) in [5.41, 5.74) is 4.70. The van der Waals surface area contributed by atoms with E-state index in [2.05, 4.69) is 16.4 Å². The van der Waals surface area contributed by atoms with Crippen molar-refractivity contribution in [2.45, 2.75) is 0 Å². The molecule has 0 aliphatic carbocycles. The zero-order valence-electron chi connectivity index (χ0n) is 16.6. The van der Waals surface area contributed by atoms with Crippen LogP contribution in [0.4, 0.5) is 5.69 Å². The third-order valence-corrected chi connectivity index (χ3v) is 4.89. The summed E-state index contributed by atoms with van der Waals surface area (Å²) in [6, 6.07) is 20.8. The van der Waals surface area contributed by atoms with Crippen molar-refractivity contribution in [2.75, 3.05) is 26.1 Å². The van der Waals surface area contributed by atoms with Crippen LogP contribution < -0.4 is 14.8 Å². The molecule has 4 rings (SSSR count). The number of nitrogens with zero attached hydrogens (tertiary/aromatic N) is 2. The number of nitriles is 1. The maximum atomic E-state index is 12.3. The smallest absolute Gasteiger partial charge is 0.246 e. The van der Waals surface area contributed by atoms with Gasteiger partial charge in [0.15, 0.2) is 0 Å². The van der Waals surface area contributed by atoms with Gasteiger partial charge in [-0.1, -0.05) is 42.5 Å². The summed E-state index contributed by atoms with van der Waals surface area (Å²) >= 11 is 0. The Morgan fingerprint density at radius 1 is 0.967 bits per heavy atom. The number of fused-ring (bicyclic) bond motifs is 1. The zero-order chi connectivity index (χ0) is 21.1. The van der Waals surface area contributed by atoms with Crippen LogP contribution in [0.25, 0.3) is 11.1 Å². The number of hydrogen-bond donors (Lipinski definition) is 1. The highest BCUT2D eigenvalue weighted by molar-refractivity contribution is 6.22. The predicted molar refractivity (Wildman–Crippen MR) is 115 cm³/mol. The fourth-order valence-corrected chi connectivity index (χ4v) is 3.60. The normalized spacial score (nSPS) is 12.7. The fraction of sp³-hybridized carbons (Fsp3) is 0.125. The Morgan fingerprint density at radius 3 is 2.43 bits per heavy atom. The number of hydrogen-bond acceptors (Lipinski definition) is 5. The number of amides is 1. The van der Waals surface area contributed by atoms with Crippen LogP contribution in [0.15, 0.2) is 65.7 Å². The van der Waals surface area contributed by atoms with Crippen LogP contribution in [0.5, 0.6) is 11.5 Å². The van der Waals surface area contributed by atoms with Gasteiger partial charge < -0.3 is 14.8 Å².